The van der Waals surface area contributed by atoms with E-state index in [2.05, 4.69) is 11.9 Å². The molecule has 1 aromatic carbocycles. The average molecular weight is 274 g/mol. The number of rotatable bonds is 7. The molecule has 20 heavy (non-hydrogen) atoms. The van der Waals surface area contributed by atoms with Crippen LogP contribution in [-0.4, -0.2) is 29.8 Å². The SMILES string of the molecule is C=CCNC(=O)CCN(C(C)=O)C(C)c1ccccc1. The Morgan fingerprint density at radius 2 is 2.00 bits per heavy atom. The number of carbonyl (C=O) groups excluding carboxylic acids is 2. The second kappa shape index (κ2) is 8.15. The first-order valence-corrected chi connectivity index (χ1v) is 6.76. The largest absolute Gasteiger partial charge is 0.353 e. The fourth-order valence-electron chi connectivity index (χ4n) is 2.03. The molecule has 108 valence electrons. The fraction of sp³-hybridized carbons (Fsp3) is 0.375. The molecular formula is C16H22N2O2. The Balaban J connectivity index is 2.63. The van der Waals surface area contributed by atoms with Gasteiger partial charge in [0, 0.05) is 26.4 Å². The fourth-order valence-corrected chi connectivity index (χ4v) is 2.03. The van der Waals surface area contributed by atoms with Gasteiger partial charge in [0.15, 0.2) is 0 Å². The van der Waals surface area contributed by atoms with Gasteiger partial charge in [-0.15, -0.1) is 6.58 Å². The molecule has 2 amide bonds. The summed E-state index contributed by atoms with van der Waals surface area (Å²) < 4.78 is 0. The molecule has 0 saturated heterocycles. The van der Waals surface area contributed by atoms with Gasteiger partial charge < -0.3 is 10.2 Å². The molecule has 0 fully saturated rings. The third-order valence-electron chi connectivity index (χ3n) is 3.18. The number of hydrogen-bond donors (Lipinski definition) is 1. The van der Waals surface area contributed by atoms with E-state index in [9.17, 15) is 9.59 Å². The lowest BCUT2D eigenvalue weighted by molar-refractivity contribution is -0.131. The molecule has 0 aliphatic rings. The Labute approximate surface area is 120 Å². The topological polar surface area (TPSA) is 49.4 Å². The van der Waals surface area contributed by atoms with E-state index in [1.165, 1.54) is 6.92 Å². The summed E-state index contributed by atoms with van der Waals surface area (Å²) in [6, 6.07) is 9.76. The molecule has 0 bridgehead atoms. The van der Waals surface area contributed by atoms with Crippen LogP contribution in [0.25, 0.3) is 0 Å². The summed E-state index contributed by atoms with van der Waals surface area (Å²) in [6.45, 7) is 7.91. The highest BCUT2D eigenvalue weighted by Gasteiger charge is 2.18. The molecule has 1 N–H and O–H groups in total. The van der Waals surface area contributed by atoms with Crippen molar-refractivity contribution in [2.45, 2.75) is 26.3 Å². The van der Waals surface area contributed by atoms with Crippen molar-refractivity contribution in [2.24, 2.45) is 0 Å². The van der Waals surface area contributed by atoms with Crippen molar-refractivity contribution in [3.63, 3.8) is 0 Å². The minimum absolute atomic E-state index is 0.0297. The Morgan fingerprint density at radius 3 is 2.55 bits per heavy atom. The van der Waals surface area contributed by atoms with Crippen molar-refractivity contribution in [1.82, 2.24) is 10.2 Å². The van der Waals surface area contributed by atoms with Crippen molar-refractivity contribution >= 4 is 11.8 Å². The van der Waals surface area contributed by atoms with Crippen LogP contribution in [0.3, 0.4) is 0 Å². The van der Waals surface area contributed by atoms with E-state index in [1.54, 1.807) is 11.0 Å². The zero-order valence-electron chi connectivity index (χ0n) is 12.1. The van der Waals surface area contributed by atoms with Crippen LogP contribution in [0.2, 0.25) is 0 Å². The maximum Gasteiger partial charge on any atom is 0.222 e. The van der Waals surface area contributed by atoms with Gasteiger partial charge >= 0.3 is 0 Å². The van der Waals surface area contributed by atoms with E-state index < -0.39 is 0 Å². The van der Waals surface area contributed by atoms with Crippen molar-refractivity contribution in [3.8, 4) is 0 Å². The van der Waals surface area contributed by atoms with Gasteiger partial charge in [0.25, 0.3) is 0 Å². The molecule has 0 aliphatic heterocycles. The quantitative estimate of drug-likeness (QED) is 0.776. The Bertz CT molecular complexity index is 457. The first kappa shape index (κ1) is 16.0. The normalized spacial score (nSPS) is 11.5. The van der Waals surface area contributed by atoms with Gasteiger partial charge in [-0.25, -0.2) is 0 Å². The van der Waals surface area contributed by atoms with Crippen LogP contribution in [0.5, 0.6) is 0 Å². The van der Waals surface area contributed by atoms with E-state index in [1.807, 2.05) is 37.3 Å². The lowest BCUT2D eigenvalue weighted by Gasteiger charge is -2.28. The maximum atomic E-state index is 11.8. The van der Waals surface area contributed by atoms with Gasteiger partial charge in [-0.1, -0.05) is 36.4 Å². The molecule has 0 radical (unpaired) electrons. The predicted molar refractivity (Wildman–Crippen MR) is 80.1 cm³/mol. The minimum Gasteiger partial charge on any atom is -0.353 e. The van der Waals surface area contributed by atoms with E-state index in [-0.39, 0.29) is 17.9 Å². The minimum atomic E-state index is -0.0728. The van der Waals surface area contributed by atoms with Crippen molar-refractivity contribution < 1.29 is 9.59 Å². The summed E-state index contributed by atoms with van der Waals surface area (Å²) in [4.78, 5) is 25.1. The molecule has 0 aliphatic carbocycles. The molecule has 0 spiro atoms. The third-order valence-corrected chi connectivity index (χ3v) is 3.18. The Kier molecular flexibility index (Phi) is 6.50. The molecule has 1 aromatic rings. The van der Waals surface area contributed by atoms with Gasteiger partial charge in [-0.05, 0) is 12.5 Å². The predicted octanol–water partition coefficient (Wildman–Crippen LogP) is 2.29. The van der Waals surface area contributed by atoms with E-state index >= 15 is 0 Å². The summed E-state index contributed by atoms with van der Waals surface area (Å²) in [6.07, 6.45) is 1.93. The molecule has 0 aromatic heterocycles. The zero-order chi connectivity index (χ0) is 15.0. The number of carbonyl (C=O) groups is 2. The maximum absolute atomic E-state index is 11.8. The third kappa shape index (κ3) is 4.88. The number of amides is 2. The molecule has 0 heterocycles. The van der Waals surface area contributed by atoms with Crippen LogP contribution in [0.1, 0.15) is 31.9 Å². The highest BCUT2D eigenvalue weighted by atomic mass is 16.2. The summed E-state index contributed by atoms with van der Waals surface area (Å²) in [5.41, 5.74) is 1.06. The zero-order valence-corrected chi connectivity index (χ0v) is 12.1. The number of nitrogens with one attached hydrogen (secondary N) is 1. The number of benzene rings is 1. The van der Waals surface area contributed by atoms with Crippen LogP contribution in [0.15, 0.2) is 43.0 Å². The molecule has 1 unspecified atom stereocenters. The summed E-state index contributed by atoms with van der Waals surface area (Å²) in [5.74, 6) is -0.103. The van der Waals surface area contributed by atoms with Crippen LogP contribution in [0, 0.1) is 0 Å². The van der Waals surface area contributed by atoms with Crippen LogP contribution in [-0.2, 0) is 9.59 Å². The lowest BCUT2D eigenvalue weighted by Crippen LogP contribution is -2.35. The molecule has 4 nitrogen and oxygen atoms in total. The first-order chi connectivity index (χ1) is 9.56. The van der Waals surface area contributed by atoms with Gasteiger partial charge in [0.2, 0.25) is 11.8 Å². The van der Waals surface area contributed by atoms with Gasteiger partial charge in [0.1, 0.15) is 0 Å². The molecule has 4 heteroatoms. The summed E-state index contributed by atoms with van der Waals surface area (Å²) in [5, 5.41) is 2.71. The van der Waals surface area contributed by atoms with E-state index in [4.69, 9.17) is 0 Å². The van der Waals surface area contributed by atoms with Crippen LogP contribution in [0.4, 0.5) is 0 Å². The summed E-state index contributed by atoms with van der Waals surface area (Å²) in [7, 11) is 0. The molecular weight excluding hydrogens is 252 g/mol. The number of hydrogen-bond acceptors (Lipinski definition) is 2. The van der Waals surface area contributed by atoms with Crippen molar-refractivity contribution in [2.75, 3.05) is 13.1 Å². The molecule has 1 atom stereocenters. The van der Waals surface area contributed by atoms with E-state index in [0.29, 0.717) is 19.5 Å². The van der Waals surface area contributed by atoms with Crippen molar-refractivity contribution in [3.05, 3.63) is 48.6 Å². The van der Waals surface area contributed by atoms with Gasteiger partial charge in [0.05, 0.1) is 6.04 Å². The second-order valence-corrected chi connectivity index (χ2v) is 4.64. The standard InChI is InChI=1S/C16H22N2O2/c1-4-11-17-16(20)10-12-18(14(3)19)13(2)15-8-6-5-7-9-15/h4-9,13H,1,10-12H2,2-3H3,(H,17,20). The molecule has 0 saturated carbocycles. The second-order valence-electron chi connectivity index (χ2n) is 4.64. The average Bonchev–Trinajstić information content (AvgIpc) is 2.45. The summed E-state index contributed by atoms with van der Waals surface area (Å²) >= 11 is 0. The van der Waals surface area contributed by atoms with Gasteiger partial charge in [-0.2, -0.15) is 0 Å². The first-order valence-electron chi connectivity index (χ1n) is 6.76. The van der Waals surface area contributed by atoms with Crippen LogP contribution < -0.4 is 5.32 Å². The van der Waals surface area contributed by atoms with E-state index in [0.717, 1.165) is 5.56 Å². The number of nitrogens with zero attached hydrogens (tertiary/aromatic N) is 1. The van der Waals surface area contributed by atoms with Gasteiger partial charge in [-0.3, -0.25) is 9.59 Å². The Morgan fingerprint density at radius 1 is 1.35 bits per heavy atom. The smallest absolute Gasteiger partial charge is 0.222 e. The lowest BCUT2D eigenvalue weighted by atomic mass is 10.1. The Hall–Kier alpha value is -2.10. The highest BCUT2D eigenvalue weighted by Crippen LogP contribution is 2.20. The molecule has 1 rings (SSSR count). The van der Waals surface area contributed by atoms with Crippen LogP contribution >= 0.6 is 0 Å². The monoisotopic (exact) mass is 274 g/mol. The van der Waals surface area contributed by atoms with Crippen molar-refractivity contribution in [1.29, 1.82) is 0 Å². The highest BCUT2D eigenvalue weighted by molar-refractivity contribution is 5.78.